The summed E-state index contributed by atoms with van der Waals surface area (Å²) in [4.78, 5) is 9.18. The highest BCUT2D eigenvalue weighted by atomic mass is 127. The fraction of sp³-hybridized carbons (Fsp3) is 0.700. The number of rotatable bonds is 3. The van der Waals surface area contributed by atoms with E-state index < -0.39 is 5.79 Å². The molecule has 0 radical (unpaired) electrons. The van der Waals surface area contributed by atoms with E-state index in [2.05, 4.69) is 48.6 Å². The van der Waals surface area contributed by atoms with Crippen LogP contribution in [-0.2, 0) is 14.2 Å². The molecule has 2 aromatic rings. The van der Waals surface area contributed by atoms with Crippen molar-refractivity contribution < 1.29 is 14.2 Å². The highest BCUT2D eigenvalue weighted by molar-refractivity contribution is 14.1. The van der Waals surface area contributed by atoms with Crippen molar-refractivity contribution in [3.63, 3.8) is 0 Å². The van der Waals surface area contributed by atoms with Crippen LogP contribution in [0.25, 0.3) is 11.0 Å². The molecule has 28 heavy (non-hydrogen) atoms. The summed E-state index contributed by atoms with van der Waals surface area (Å²) in [5.74, 6) is 0.330. The Bertz CT molecular complexity index is 880. The summed E-state index contributed by atoms with van der Waals surface area (Å²) >= 11 is 2.37. The lowest BCUT2D eigenvalue weighted by atomic mass is 9.95. The SMILES string of the molecule is C[C@H]1O[C@@H](n2cc(I)c3c(NC4CCCCC4)ncnc32)[C@@H]2OC(C)(C)O[C@@H]21. The maximum Gasteiger partial charge on any atom is 0.164 e. The monoisotopic (exact) mass is 498 g/mol. The second-order valence-electron chi connectivity index (χ2n) is 8.58. The second kappa shape index (κ2) is 7.07. The molecule has 3 aliphatic rings. The van der Waals surface area contributed by atoms with Crippen LogP contribution in [0.2, 0.25) is 0 Å². The van der Waals surface area contributed by atoms with E-state index in [0.717, 1.165) is 20.4 Å². The zero-order valence-electron chi connectivity index (χ0n) is 16.5. The van der Waals surface area contributed by atoms with Crippen LogP contribution in [0.15, 0.2) is 12.5 Å². The number of hydrogen-bond acceptors (Lipinski definition) is 6. The van der Waals surface area contributed by atoms with E-state index >= 15 is 0 Å². The number of aromatic nitrogens is 3. The van der Waals surface area contributed by atoms with Gasteiger partial charge in [-0.05, 0) is 56.2 Å². The fourth-order valence-corrected chi connectivity index (χ4v) is 5.58. The molecule has 4 atom stereocenters. The molecule has 2 aliphatic heterocycles. The van der Waals surface area contributed by atoms with Crippen LogP contribution >= 0.6 is 22.6 Å². The number of nitrogens with zero attached hydrogens (tertiary/aromatic N) is 3. The maximum atomic E-state index is 6.25. The third-order valence-corrected chi connectivity index (χ3v) is 6.86. The van der Waals surface area contributed by atoms with Gasteiger partial charge >= 0.3 is 0 Å². The maximum absolute atomic E-state index is 6.25. The molecule has 0 bridgehead atoms. The van der Waals surface area contributed by atoms with Crippen LogP contribution in [0.4, 0.5) is 5.82 Å². The number of halogens is 1. The molecule has 7 nitrogen and oxygen atoms in total. The Hall–Kier alpha value is -0.970. The molecule has 3 fully saturated rings. The molecule has 5 rings (SSSR count). The van der Waals surface area contributed by atoms with Crippen LogP contribution in [0.3, 0.4) is 0 Å². The molecule has 8 heteroatoms. The quantitative estimate of drug-likeness (QED) is 0.640. The Kier molecular flexibility index (Phi) is 4.80. The van der Waals surface area contributed by atoms with Crippen molar-refractivity contribution in [2.45, 2.75) is 89.2 Å². The average molecular weight is 498 g/mol. The number of anilines is 1. The van der Waals surface area contributed by atoms with Crippen LogP contribution in [0, 0.1) is 3.57 Å². The molecule has 0 unspecified atom stereocenters. The van der Waals surface area contributed by atoms with E-state index in [-0.39, 0.29) is 24.5 Å². The predicted molar refractivity (Wildman–Crippen MR) is 114 cm³/mol. The molecular formula is C20H27IN4O3. The van der Waals surface area contributed by atoms with Crippen molar-refractivity contribution in [3.8, 4) is 0 Å². The van der Waals surface area contributed by atoms with Gasteiger partial charge in [0, 0.05) is 15.8 Å². The lowest BCUT2D eigenvalue weighted by Gasteiger charge is -2.24. The van der Waals surface area contributed by atoms with Crippen LogP contribution < -0.4 is 5.32 Å². The molecule has 1 aliphatic carbocycles. The van der Waals surface area contributed by atoms with Gasteiger partial charge < -0.3 is 24.1 Å². The van der Waals surface area contributed by atoms with Crippen LogP contribution in [0.1, 0.15) is 59.1 Å². The first-order chi connectivity index (χ1) is 13.4. The topological polar surface area (TPSA) is 70.4 Å². The Morgan fingerprint density at radius 2 is 1.89 bits per heavy atom. The average Bonchev–Trinajstić information content (AvgIpc) is 3.26. The minimum absolute atomic E-state index is 0.0337. The van der Waals surface area contributed by atoms with E-state index in [9.17, 15) is 0 Å². The summed E-state index contributed by atoms with van der Waals surface area (Å²) in [6.45, 7) is 5.96. The van der Waals surface area contributed by atoms with E-state index in [1.54, 1.807) is 6.33 Å². The van der Waals surface area contributed by atoms with Gasteiger partial charge in [0.1, 0.15) is 30.0 Å². The largest absolute Gasteiger partial charge is 0.367 e. The van der Waals surface area contributed by atoms with E-state index in [4.69, 9.17) is 14.2 Å². The molecule has 0 aromatic carbocycles. The molecule has 2 aromatic heterocycles. The van der Waals surface area contributed by atoms with Crippen LogP contribution in [0.5, 0.6) is 0 Å². The van der Waals surface area contributed by atoms with Gasteiger partial charge in [-0.15, -0.1) is 0 Å². The summed E-state index contributed by atoms with van der Waals surface area (Å²) in [6.07, 6.45) is 9.54. The third-order valence-electron chi connectivity index (χ3n) is 6.04. The zero-order chi connectivity index (χ0) is 19.5. The summed E-state index contributed by atoms with van der Waals surface area (Å²) in [7, 11) is 0. The van der Waals surface area contributed by atoms with Gasteiger partial charge in [0.25, 0.3) is 0 Å². The Labute approximate surface area is 178 Å². The van der Waals surface area contributed by atoms with Gasteiger partial charge in [0.05, 0.1) is 11.5 Å². The van der Waals surface area contributed by atoms with E-state index in [0.29, 0.717) is 6.04 Å². The van der Waals surface area contributed by atoms with Gasteiger partial charge in [0.15, 0.2) is 12.0 Å². The van der Waals surface area contributed by atoms with Gasteiger partial charge in [-0.1, -0.05) is 19.3 Å². The normalized spacial score (nSPS) is 32.7. The highest BCUT2D eigenvalue weighted by Gasteiger charge is 2.54. The van der Waals surface area contributed by atoms with Crippen molar-refractivity contribution in [2.24, 2.45) is 0 Å². The molecule has 1 N–H and O–H groups in total. The summed E-state index contributed by atoms with van der Waals surface area (Å²) in [5.41, 5.74) is 0.879. The van der Waals surface area contributed by atoms with Gasteiger partial charge in [-0.25, -0.2) is 9.97 Å². The number of nitrogens with one attached hydrogen (secondary N) is 1. The summed E-state index contributed by atoms with van der Waals surface area (Å²) in [6, 6.07) is 0.491. The molecular weight excluding hydrogens is 471 g/mol. The number of ether oxygens (including phenoxy) is 3. The van der Waals surface area contributed by atoms with E-state index in [1.807, 2.05) is 20.8 Å². The smallest absolute Gasteiger partial charge is 0.164 e. The van der Waals surface area contributed by atoms with Crippen LogP contribution in [-0.4, -0.2) is 44.7 Å². The first-order valence-electron chi connectivity index (χ1n) is 10.2. The lowest BCUT2D eigenvalue weighted by molar-refractivity contribution is -0.194. The first-order valence-corrected chi connectivity index (χ1v) is 11.3. The number of hydrogen-bond donors (Lipinski definition) is 1. The van der Waals surface area contributed by atoms with Crippen molar-refractivity contribution in [1.29, 1.82) is 0 Å². The minimum Gasteiger partial charge on any atom is -0.367 e. The zero-order valence-corrected chi connectivity index (χ0v) is 18.7. The molecule has 1 saturated carbocycles. The minimum atomic E-state index is -0.593. The fourth-order valence-electron chi connectivity index (χ4n) is 4.78. The third kappa shape index (κ3) is 3.22. The molecule has 152 valence electrons. The van der Waals surface area contributed by atoms with Crippen molar-refractivity contribution in [1.82, 2.24) is 14.5 Å². The van der Waals surface area contributed by atoms with Crippen molar-refractivity contribution >= 4 is 39.4 Å². The predicted octanol–water partition coefficient (Wildman–Crippen LogP) is 4.22. The summed E-state index contributed by atoms with van der Waals surface area (Å²) in [5, 5.41) is 4.73. The lowest BCUT2D eigenvalue weighted by Crippen LogP contribution is -2.27. The molecule has 0 spiro atoms. The van der Waals surface area contributed by atoms with Gasteiger partial charge in [0.2, 0.25) is 0 Å². The highest BCUT2D eigenvalue weighted by Crippen LogP contribution is 2.44. The Morgan fingerprint density at radius 1 is 1.14 bits per heavy atom. The van der Waals surface area contributed by atoms with Gasteiger partial charge in [-0.3, -0.25) is 0 Å². The van der Waals surface area contributed by atoms with Gasteiger partial charge in [-0.2, -0.15) is 0 Å². The molecule has 2 saturated heterocycles. The van der Waals surface area contributed by atoms with Crippen molar-refractivity contribution in [2.75, 3.05) is 5.32 Å². The Balaban J connectivity index is 1.50. The summed E-state index contributed by atoms with van der Waals surface area (Å²) < 4.78 is 21.7. The van der Waals surface area contributed by atoms with Crippen molar-refractivity contribution in [3.05, 3.63) is 16.1 Å². The first kappa shape index (κ1) is 19.0. The Morgan fingerprint density at radius 3 is 2.68 bits per heavy atom. The molecule has 4 heterocycles. The standard InChI is InChI=1S/C20H27IN4O3/c1-11-15-16(28-20(2,3)27-15)19(26-11)25-9-13(21)14-17(22-10-23-18(14)25)24-12-7-5-4-6-8-12/h9-12,15-16,19H,4-8H2,1-3H3,(H,22,23,24)/t11-,15-,16-,19-/m1/s1. The van der Waals surface area contributed by atoms with E-state index in [1.165, 1.54) is 32.1 Å². The second-order valence-corrected chi connectivity index (χ2v) is 9.74. The molecule has 0 amide bonds. The number of fused-ring (bicyclic) bond motifs is 2.